The predicted molar refractivity (Wildman–Crippen MR) is 97.3 cm³/mol. The molecule has 5 nitrogen and oxygen atoms in total. The molecule has 2 aromatic carbocycles. The standard InChI is InChI=1S/C20H25NO4/c1-21(14-16-9-11-17(23-2)13-19(16)25-4)20(22)12-10-15-7-5-6-8-18(15)24-3/h5-9,11,13H,10,12,14H2,1-4H3. The summed E-state index contributed by atoms with van der Waals surface area (Å²) in [5.74, 6) is 2.33. The topological polar surface area (TPSA) is 48.0 Å². The Morgan fingerprint density at radius 2 is 1.64 bits per heavy atom. The molecule has 0 radical (unpaired) electrons. The summed E-state index contributed by atoms with van der Waals surface area (Å²) >= 11 is 0. The number of carbonyl (C=O) groups is 1. The zero-order chi connectivity index (χ0) is 18.2. The van der Waals surface area contributed by atoms with Crippen molar-refractivity contribution in [3.63, 3.8) is 0 Å². The summed E-state index contributed by atoms with van der Waals surface area (Å²) in [7, 11) is 6.67. The number of amides is 1. The van der Waals surface area contributed by atoms with Gasteiger partial charge in [0.1, 0.15) is 17.2 Å². The maximum atomic E-state index is 12.5. The number of hydrogen-bond acceptors (Lipinski definition) is 4. The van der Waals surface area contributed by atoms with Gasteiger partial charge in [0, 0.05) is 31.6 Å². The quantitative estimate of drug-likeness (QED) is 0.738. The second-order valence-electron chi connectivity index (χ2n) is 5.74. The summed E-state index contributed by atoms with van der Waals surface area (Å²) < 4.78 is 15.9. The summed E-state index contributed by atoms with van der Waals surface area (Å²) in [6.45, 7) is 0.484. The van der Waals surface area contributed by atoms with Crippen LogP contribution >= 0.6 is 0 Å². The molecule has 2 rings (SSSR count). The van der Waals surface area contributed by atoms with E-state index in [0.717, 1.165) is 22.6 Å². The Hall–Kier alpha value is -2.69. The van der Waals surface area contributed by atoms with Gasteiger partial charge in [-0.3, -0.25) is 4.79 Å². The van der Waals surface area contributed by atoms with E-state index in [2.05, 4.69) is 0 Å². The lowest BCUT2D eigenvalue weighted by Crippen LogP contribution is -2.26. The SMILES string of the molecule is COc1ccc(CN(C)C(=O)CCc2ccccc2OC)c(OC)c1. The van der Waals surface area contributed by atoms with Crippen LogP contribution in [0.1, 0.15) is 17.5 Å². The van der Waals surface area contributed by atoms with Gasteiger partial charge in [-0.25, -0.2) is 0 Å². The second kappa shape index (κ2) is 8.97. The monoisotopic (exact) mass is 343 g/mol. The van der Waals surface area contributed by atoms with E-state index in [1.54, 1.807) is 33.3 Å². The maximum Gasteiger partial charge on any atom is 0.222 e. The van der Waals surface area contributed by atoms with Gasteiger partial charge in [-0.2, -0.15) is 0 Å². The molecule has 0 aliphatic rings. The number of rotatable bonds is 8. The molecule has 0 spiro atoms. The largest absolute Gasteiger partial charge is 0.497 e. The third-order valence-corrected chi connectivity index (χ3v) is 4.13. The molecule has 0 fully saturated rings. The predicted octanol–water partition coefficient (Wildman–Crippen LogP) is 3.30. The first-order chi connectivity index (χ1) is 12.1. The van der Waals surface area contributed by atoms with Crippen molar-refractivity contribution in [2.75, 3.05) is 28.4 Å². The van der Waals surface area contributed by atoms with Gasteiger partial charge in [0.15, 0.2) is 0 Å². The van der Waals surface area contributed by atoms with E-state index in [1.165, 1.54) is 0 Å². The molecule has 0 saturated heterocycles. The van der Waals surface area contributed by atoms with E-state index in [1.807, 2.05) is 42.5 Å². The molecule has 0 heterocycles. The third kappa shape index (κ3) is 4.89. The van der Waals surface area contributed by atoms with Crippen molar-refractivity contribution in [1.82, 2.24) is 4.90 Å². The number of hydrogen-bond donors (Lipinski definition) is 0. The Labute approximate surface area is 149 Å². The van der Waals surface area contributed by atoms with Crippen LogP contribution in [0.3, 0.4) is 0 Å². The molecule has 25 heavy (non-hydrogen) atoms. The molecule has 1 amide bonds. The van der Waals surface area contributed by atoms with Gasteiger partial charge in [0.2, 0.25) is 5.91 Å². The number of carbonyl (C=O) groups excluding carboxylic acids is 1. The average molecular weight is 343 g/mol. The van der Waals surface area contributed by atoms with Crippen molar-refractivity contribution >= 4 is 5.91 Å². The van der Waals surface area contributed by atoms with Gasteiger partial charge in [-0.05, 0) is 30.2 Å². The highest BCUT2D eigenvalue weighted by Gasteiger charge is 2.14. The molecule has 134 valence electrons. The van der Waals surface area contributed by atoms with Gasteiger partial charge in [0.05, 0.1) is 21.3 Å². The van der Waals surface area contributed by atoms with Gasteiger partial charge in [0.25, 0.3) is 0 Å². The zero-order valence-electron chi connectivity index (χ0n) is 15.2. The average Bonchev–Trinajstić information content (AvgIpc) is 2.66. The Bertz CT molecular complexity index is 715. The molecule has 0 aliphatic heterocycles. The third-order valence-electron chi connectivity index (χ3n) is 4.13. The molecular weight excluding hydrogens is 318 g/mol. The fraction of sp³-hybridized carbons (Fsp3) is 0.350. The number of benzene rings is 2. The summed E-state index contributed by atoms with van der Waals surface area (Å²) in [5.41, 5.74) is 1.98. The molecular formula is C20H25NO4. The Kier molecular flexibility index (Phi) is 6.69. The first kappa shape index (κ1) is 18.6. The lowest BCUT2D eigenvalue weighted by Gasteiger charge is -2.19. The molecule has 0 saturated carbocycles. The van der Waals surface area contributed by atoms with Gasteiger partial charge in [-0.15, -0.1) is 0 Å². The van der Waals surface area contributed by atoms with Crippen LogP contribution < -0.4 is 14.2 Å². The number of ether oxygens (including phenoxy) is 3. The fourth-order valence-corrected chi connectivity index (χ4v) is 2.67. The molecule has 0 aromatic heterocycles. The molecule has 0 N–H and O–H groups in total. The van der Waals surface area contributed by atoms with Gasteiger partial charge >= 0.3 is 0 Å². The Morgan fingerprint density at radius 1 is 0.920 bits per heavy atom. The van der Waals surface area contributed by atoms with Crippen molar-refractivity contribution in [3.05, 3.63) is 53.6 Å². The number of nitrogens with zero attached hydrogens (tertiary/aromatic N) is 1. The lowest BCUT2D eigenvalue weighted by molar-refractivity contribution is -0.130. The van der Waals surface area contributed by atoms with Crippen LogP contribution in [0.2, 0.25) is 0 Å². The summed E-state index contributed by atoms with van der Waals surface area (Å²) in [4.78, 5) is 14.2. The van der Waals surface area contributed by atoms with Crippen molar-refractivity contribution < 1.29 is 19.0 Å². The van der Waals surface area contributed by atoms with Crippen molar-refractivity contribution in [1.29, 1.82) is 0 Å². The molecule has 2 aromatic rings. The van der Waals surface area contributed by atoms with Gasteiger partial charge in [-0.1, -0.05) is 18.2 Å². The van der Waals surface area contributed by atoms with Crippen LogP contribution in [-0.2, 0) is 17.8 Å². The summed E-state index contributed by atoms with van der Waals surface area (Å²) in [5, 5.41) is 0. The smallest absolute Gasteiger partial charge is 0.222 e. The van der Waals surface area contributed by atoms with Crippen molar-refractivity contribution in [2.24, 2.45) is 0 Å². The maximum absolute atomic E-state index is 12.5. The Morgan fingerprint density at radius 3 is 2.32 bits per heavy atom. The molecule has 5 heteroatoms. The number of aryl methyl sites for hydroxylation is 1. The van der Waals surface area contributed by atoms with E-state index in [0.29, 0.717) is 25.1 Å². The van der Waals surface area contributed by atoms with Crippen LogP contribution in [0.15, 0.2) is 42.5 Å². The Balaban J connectivity index is 1.98. The minimum atomic E-state index is 0.0729. The van der Waals surface area contributed by atoms with Crippen LogP contribution in [-0.4, -0.2) is 39.2 Å². The van der Waals surface area contributed by atoms with Crippen LogP contribution in [0.4, 0.5) is 0 Å². The molecule has 0 unspecified atom stereocenters. The molecule has 0 bridgehead atoms. The van der Waals surface area contributed by atoms with E-state index in [-0.39, 0.29) is 5.91 Å². The van der Waals surface area contributed by atoms with Crippen molar-refractivity contribution in [2.45, 2.75) is 19.4 Å². The highest BCUT2D eigenvalue weighted by atomic mass is 16.5. The first-order valence-corrected chi connectivity index (χ1v) is 8.15. The molecule has 0 atom stereocenters. The zero-order valence-corrected chi connectivity index (χ0v) is 15.2. The van der Waals surface area contributed by atoms with Crippen LogP contribution in [0.25, 0.3) is 0 Å². The highest BCUT2D eigenvalue weighted by molar-refractivity contribution is 5.76. The van der Waals surface area contributed by atoms with Gasteiger partial charge < -0.3 is 19.1 Å². The minimum absolute atomic E-state index is 0.0729. The summed E-state index contributed by atoms with van der Waals surface area (Å²) in [6, 6.07) is 13.4. The minimum Gasteiger partial charge on any atom is -0.497 e. The lowest BCUT2D eigenvalue weighted by atomic mass is 10.1. The summed E-state index contributed by atoms with van der Waals surface area (Å²) in [6.07, 6.45) is 1.07. The van der Waals surface area contributed by atoms with Crippen molar-refractivity contribution in [3.8, 4) is 17.2 Å². The normalized spacial score (nSPS) is 10.2. The number of para-hydroxylation sites is 1. The van der Waals surface area contributed by atoms with E-state index in [4.69, 9.17) is 14.2 Å². The first-order valence-electron chi connectivity index (χ1n) is 8.15. The number of methoxy groups -OCH3 is 3. The highest BCUT2D eigenvalue weighted by Crippen LogP contribution is 2.26. The second-order valence-corrected chi connectivity index (χ2v) is 5.74. The van der Waals surface area contributed by atoms with E-state index < -0.39 is 0 Å². The fourth-order valence-electron chi connectivity index (χ4n) is 2.67. The van der Waals surface area contributed by atoms with Crippen LogP contribution in [0.5, 0.6) is 17.2 Å². The van der Waals surface area contributed by atoms with E-state index in [9.17, 15) is 4.79 Å². The van der Waals surface area contributed by atoms with Crippen LogP contribution in [0, 0.1) is 0 Å². The van der Waals surface area contributed by atoms with E-state index >= 15 is 0 Å². The molecule has 0 aliphatic carbocycles.